The Kier molecular flexibility index (Phi) is 5.56. The molecule has 2 unspecified atom stereocenters. The molecule has 0 radical (unpaired) electrons. The standard InChI is InChI=1S/C13H25N3S/c1-5-13(4,16(6-2)7-3)11(14)10-12-15-8-9-17-12/h8-9,11H,5-7,10,14H2,1-4H3. The topological polar surface area (TPSA) is 42.1 Å². The van der Waals surface area contributed by atoms with Gasteiger partial charge in [-0.15, -0.1) is 11.3 Å². The molecule has 2 N–H and O–H groups in total. The van der Waals surface area contributed by atoms with Gasteiger partial charge < -0.3 is 5.73 Å². The SMILES string of the molecule is CCN(CC)C(C)(CC)C(N)Cc1nccs1. The molecule has 1 rings (SSSR count). The summed E-state index contributed by atoms with van der Waals surface area (Å²) in [6.45, 7) is 11.0. The van der Waals surface area contributed by atoms with Crippen molar-refractivity contribution in [3.8, 4) is 0 Å². The molecule has 1 heterocycles. The molecule has 0 bridgehead atoms. The molecule has 0 aliphatic rings. The molecule has 0 amide bonds. The minimum absolute atomic E-state index is 0.0647. The lowest BCUT2D eigenvalue weighted by molar-refractivity contribution is 0.0845. The molecule has 98 valence electrons. The average molecular weight is 255 g/mol. The van der Waals surface area contributed by atoms with Gasteiger partial charge in [-0.1, -0.05) is 20.8 Å². The van der Waals surface area contributed by atoms with Crippen molar-refractivity contribution in [3.63, 3.8) is 0 Å². The Balaban J connectivity index is 2.77. The predicted octanol–water partition coefficient (Wildman–Crippen LogP) is 2.52. The van der Waals surface area contributed by atoms with Gasteiger partial charge in [0.05, 0.1) is 5.01 Å². The third kappa shape index (κ3) is 3.27. The molecule has 1 aromatic heterocycles. The molecule has 4 heteroatoms. The minimum Gasteiger partial charge on any atom is -0.326 e. The van der Waals surface area contributed by atoms with Crippen LogP contribution in [0.25, 0.3) is 0 Å². The molecule has 1 aromatic rings. The van der Waals surface area contributed by atoms with Crippen LogP contribution in [0.1, 0.15) is 39.1 Å². The first-order valence-electron chi connectivity index (χ1n) is 6.47. The third-order valence-corrected chi connectivity index (χ3v) is 4.68. The van der Waals surface area contributed by atoms with E-state index in [-0.39, 0.29) is 11.6 Å². The smallest absolute Gasteiger partial charge is 0.0940 e. The number of aromatic nitrogens is 1. The Morgan fingerprint density at radius 3 is 2.47 bits per heavy atom. The zero-order valence-corrected chi connectivity index (χ0v) is 12.3. The lowest BCUT2D eigenvalue weighted by Gasteiger charge is -2.44. The summed E-state index contributed by atoms with van der Waals surface area (Å²) in [6, 6.07) is 0.138. The fraction of sp³-hybridized carbons (Fsp3) is 0.769. The van der Waals surface area contributed by atoms with Gasteiger partial charge >= 0.3 is 0 Å². The van der Waals surface area contributed by atoms with E-state index < -0.39 is 0 Å². The maximum absolute atomic E-state index is 6.43. The number of hydrogen-bond acceptors (Lipinski definition) is 4. The summed E-state index contributed by atoms with van der Waals surface area (Å²) >= 11 is 1.70. The molecule has 17 heavy (non-hydrogen) atoms. The van der Waals surface area contributed by atoms with Gasteiger partial charge in [0.25, 0.3) is 0 Å². The summed E-state index contributed by atoms with van der Waals surface area (Å²) in [5, 5.41) is 3.16. The van der Waals surface area contributed by atoms with Gasteiger partial charge in [-0.3, -0.25) is 4.90 Å². The first-order chi connectivity index (χ1) is 8.08. The lowest BCUT2D eigenvalue weighted by atomic mass is 9.86. The Morgan fingerprint density at radius 1 is 1.41 bits per heavy atom. The molecule has 3 nitrogen and oxygen atoms in total. The van der Waals surface area contributed by atoms with E-state index in [1.165, 1.54) is 0 Å². The summed E-state index contributed by atoms with van der Waals surface area (Å²) in [5.74, 6) is 0. The van der Waals surface area contributed by atoms with Gasteiger partial charge in [-0.2, -0.15) is 0 Å². The number of likely N-dealkylation sites (N-methyl/N-ethyl adjacent to an activating group) is 1. The van der Waals surface area contributed by atoms with Crippen molar-refractivity contribution in [3.05, 3.63) is 16.6 Å². The van der Waals surface area contributed by atoms with Crippen LogP contribution in [0.15, 0.2) is 11.6 Å². The van der Waals surface area contributed by atoms with Crippen molar-refractivity contribution in [1.29, 1.82) is 0 Å². The van der Waals surface area contributed by atoms with Crippen LogP contribution in [0.5, 0.6) is 0 Å². The van der Waals surface area contributed by atoms with Crippen LogP contribution in [-0.4, -0.2) is 34.6 Å². The number of nitrogens with two attached hydrogens (primary N) is 1. The van der Waals surface area contributed by atoms with Crippen molar-refractivity contribution in [1.82, 2.24) is 9.88 Å². The highest BCUT2D eigenvalue weighted by Crippen LogP contribution is 2.25. The molecular formula is C13H25N3S. The van der Waals surface area contributed by atoms with Crippen molar-refractivity contribution in [2.45, 2.75) is 52.1 Å². The van der Waals surface area contributed by atoms with E-state index in [4.69, 9.17) is 5.73 Å². The van der Waals surface area contributed by atoms with Crippen molar-refractivity contribution in [2.24, 2.45) is 5.73 Å². The van der Waals surface area contributed by atoms with Gasteiger partial charge in [0.2, 0.25) is 0 Å². The molecule has 2 atom stereocenters. The summed E-state index contributed by atoms with van der Waals surface area (Å²) < 4.78 is 0. The van der Waals surface area contributed by atoms with Crippen LogP contribution in [-0.2, 0) is 6.42 Å². The second kappa shape index (κ2) is 6.47. The molecule has 0 aliphatic heterocycles. The van der Waals surface area contributed by atoms with Crippen LogP contribution in [0.4, 0.5) is 0 Å². The summed E-state index contributed by atoms with van der Waals surface area (Å²) in [5.41, 5.74) is 6.50. The molecule has 0 saturated carbocycles. The first kappa shape index (κ1) is 14.6. The highest BCUT2D eigenvalue weighted by Gasteiger charge is 2.34. The molecule has 0 aromatic carbocycles. The molecule has 0 spiro atoms. The van der Waals surface area contributed by atoms with Crippen LogP contribution in [0.3, 0.4) is 0 Å². The Labute approximate surface area is 109 Å². The number of rotatable bonds is 7. The van der Waals surface area contributed by atoms with E-state index in [9.17, 15) is 0 Å². The van der Waals surface area contributed by atoms with E-state index in [1.807, 2.05) is 11.6 Å². The Morgan fingerprint density at radius 2 is 2.06 bits per heavy atom. The first-order valence-corrected chi connectivity index (χ1v) is 7.35. The van der Waals surface area contributed by atoms with Gasteiger partial charge in [0, 0.05) is 29.6 Å². The van der Waals surface area contributed by atoms with Crippen molar-refractivity contribution < 1.29 is 0 Å². The maximum Gasteiger partial charge on any atom is 0.0940 e. The van der Waals surface area contributed by atoms with E-state index >= 15 is 0 Å². The maximum atomic E-state index is 6.43. The van der Waals surface area contributed by atoms with Gasteiger partial charge in [-0.25, -0.2) is 4.98 Å². The zero-order chi connectivity index (χ0) is 12.9. The van der Waals surface area contributed by atoms with Crippen LogP contribution in [0.2, 0.25) is 0 Å². The third-order valence-electron chi connectivity index (χ3n) is 3.88. The Bertz CT molecular complexity index is 308. The van der Waals surface area contributed by atoms with E-state index in [1.54, 1.807) is 11.3 Å². The van der Waals surface area contributed by atoms with E-state index in [2.05, 4.69) is 37.6 Å². The molecular weight excluding hydrogens is 230 g/mol. The number of nitrogens with zero attached hydrogens (tertiary/aromatic N) is 2. The number of hydrogen-bond donors (Lipinski definition) is 1. The van der Waals surface area contributed by atoms with Crippen LogP contribution < -0.4 is 5.73 Å². The molecule has 0 saturated heterocycles. The largest absolute Gasteiger partial charge is 0.326 e. The summed E-state index contributed by atoms with van der Waals surface area (Å²) in [6.07, 6.45) is 3.80. The summed E-state index contributed by atoms with van der Waals surface area (Å²) in [7, 11) is 0. The minimum atomic E-state index is 0.0647. The fourth-order valence-electron chi connectivity index (χ4n) is 2.43. The van der Waals surface area contributed by atoms with Crippen LogP contribution in [0, 0.1) is 0 Å². The van der Waals surface area contributed by atoms with E-state index in [0.717, 1.165) is 30.9 Å². The van der Waals surface area contributed by atoms with Gasteiger partial charge in [0.1, 0.15) is 0 Å². The molecule has 0 fully saturated rings. The highest BCUT2D eigenvalue weighted by molar-refractivity contribution is 7.09. The fourth-order valence-corrected chi connectivity index (χ4v) is 3.10. The second-order valence-electron chi connectivity index (χ2n) is 4.62. The van der Waals surface area contributed by atoms with Crippen molar-refractivity contribution in [2.75, 3.05) is 13.1 Å². The highest BCUT2D eigenvalue weighted by atomic mass is 32.1. The predicted molar refractivity (Wildman–Crippen MR) is 75.4 cm³/mol. The Hall–Kier alpha value is -0.450. The lowest BCUT2D eigenvalue weighted by Crippen LogP contribution is -2.58. The van der Waals surface area contributed by atoms with Crippen LogP contribution >= 0.6 is 11.3 Å². The quantitative estimate of drug-likeness (QED) is 0.814. The number of thiazole rings is 1. The zero-order valence-electron chi connectivity index (χ0n) is 11.4. The normalized spacial score (nSPS) is 17.1. The average Bonchev–Trinajstić information content (AvgIpc) is 2.82. The summed E-state index contributed by atoms with van der Waals surface area (Å²) in [4.78, 5) is 6.80. The monoisotopic (exact) mass is 255 g/mol. The van der Waals surface area contributed by atoms with Gasteiger partial charge in [0.15, 0.2) is 0 Å². The van der Waals surface area contributed by atoms with Gasteiger partial charge in [-0.05, 0) is 26.4 Å². The van der Waals surface area contributed by atoms with Crippen molar-refractivity contribution >= 4 is 11.3 Å². The second-order valence-corrected chi connectivity index (χ2v) is 5.60. The molecule has 0 aliphatic carbocycles. The van der Waals surface area contributed by atoms with E-state index in [0.29, 0.717) is 0 Å².